The summed E-state index contributed by atoms with van der Waals surface area (Å²) in [6.45, 7) is 2.70. The van der Waals surface area contributed by atoms with Crippen LogP contribution in [0.2, 0.25) is 0 Å². The van der Waals surface area contributed by atoms with Crippen LogP contribution >= 0.6 is 0 Å². The lowest BCUT2D eigenvalue weighted by atomic mass is 9.96. The summed E-state index contributed by atoms with van der Waals surface area (Å²) in [5.41, 5.74) is 3.99. The molecule has 0 N–H and O–H groups in total. The number of benzene rings is 2. The Morgan fingerprint density at radius 3 is 2.81 bits per heavy atom. The number of aromatic nitrogens is 1. The van der Waals surface area contributed by atoms with Gasteiger partial charge in [-0.25, -0.2) is 0 Å². The van der Waals surface area contributed by atoms with Crippen LogP contribution in [-0.2, 0) is 13.0 Å². The van der Waals surface area contributed by atoms with E-state index < -0.39 is 0 Å². The molecule has 1 saturated heterocycles. The molecule has 4 aromatic rings. The van der Waals surface area contributed by atoms with E-state index in [2.05, 4.69) is 11.0 Å². The van der Waals surface area contributed by atoms with Gasteiger partial charge in [-0.2, -0.15) is 0 Å². The molecule has 2 aliphatic heterocycles. The maximum absolute atomic E-state index is 12.8. The Labute approximate surface area is 180 Å². The summed E-state index contributed by atoms with van der Waals surface area (Å²) in [6, 6.07) is 19.9. The first-order chi connectivity index (χ1) is 15.3. The molecule has 31 heavy (non-hydrogen) atoms. The molecule has 0 spiro atoms. The second-order valence-electron chi connectivity index (χ2n) is 8.41. The van der Waals surface area contributed by atoms with E-state index in [0.717, 1.165) is 35.6 Å². The average Bonchev–Trinajstić information content (AvgIpc) is 3.42. The molecule has 2 aromatic heterocycles. The van der Waals surface area contributed by atoms with E-state index in [0.29, 0.717) is 18.4 Å². The Morgan fingerprint density at radius 2 is 1.94 bits per heavy atom. The zero-order valence-electron chi connectivity index (χ0n) is 17.3. The van der Waals surface area contributed by atoms with Gasteiger partial charge in [0.25, 0.3) is 5.56 Å². The normalized spacial score (nSPS) is 18.1. The number of fused-ring (bicyclic) bond motifs is 5. The highest BCUT2D eigenvalue weighted by molar-refractivity contribution is 5.85. The maximum atomic E-state index is 12.8. The number of pyridine rings is 1. The van der Waals surface area contributed by atoms with E-state index in [1.165, 1.54) is 36.4 Å². The monoisotopic (exact) mass is 412 g/mol. The van der Waals surface area contributed by atoms with Crippen molar-refractivity contribution in [2.24, 2.45) is 0 Å². The van der Waals surface area contributed by atoms with Crippen LogP contribution in [-0.4, -0.2) is 22.6 Å². The lowest BCUT2D eigenvalue weighted by molar-refractivity contribution is 0.233. The molecule has 5 nitrogen and oxygen atoms in total. The van der Waals surface area contributed by atoms with Crippen molar-refractivity contribution in [3.8, 4) is 11.4 Å². The van der Waals surface area contributed by atoms with Gasteiger partial charge in [0.2, 0.25) is 0 Å². The SMILES string of the molecule is O=c1cc(OCc2ccccc2)ccn1-c1ccc2c3c(oc2c1)CCN1CCCC31. The number of hydrogen-bond acceptors (Lipinski definition) is 4. The Balaban J connectivity index is 1.29. The number of ether oxygens (including phenoxy) is 1. The molecule has 156 valence electrons. The minimum absolute atomic E-state index is 0.122. The van der Waals surface area contributed by atoms with Crippen LogP contribution in [0.5, 0.6) is 5.75 Å². The summed E-state index contributed by atoms with van der Waals surface area (Å²) >= 11 is 0. The van der Waals surface area contributed by atoms with Gasteiger partial charge in [-0.3, -0.25) is 14.3 Å². The van der Waals surface area contributed by atoms with Crippen LogP contribution in [0.1, 0.15) is 35.8 Å². The Kier molecular flexibility index (Phi) is 4.42. The van der Waals surface area contributed by atoms with Gasteiger partial charge in [0, 0.05) is 48.3 Å². The van der Waals surface area contributed by atoms with E-state index in [1.807, 2.05) is 48.5 Å². The van der Waals surface area contributed by atoms with Crippen molar-refractivity contribution in [1.82, 2.24) is 9.47 Å². The van der Waals surface area contributed by atoms with E-state index in [4.69, 9.17) is 9.15 Å². The molecule has 0 saturated carbocycles. The van der Waals surface area contributed by atoms with Crippen molar-refractivity contribution < 1.29 is 9.15 Å². The summed E-state index contributed by atoms with van der Waals surface area (Å²) in [5.74, 6) is 1.69. The molecule has 0 aliphatic carbocycles. The Morgan fingerprint density at radius 1 is 1.03 bits per heavy atom. The van der Waals surface area contributed by atoms with Gasteiger partial charge in [-0.15, -0.1) is 0 Å². The number of nitrogens with zero attached hydrogens (tertiary/aromatic N) is 2. The minimum Gasteiger partial charge on any atom is -0.489 e. The summed E-state index contributed by atoms with van der Waals surface area (Å²) in [7, 11) is 0. The van der Waals surface area contributed by atoms with Crippen LogP contribution < -0.4 is 10.3 Å². The van der Waals surface area contributed by atoms with Crippen LogP contribution in [0.25, 0.3) is 16.7 Å². The predicted octanol–water partition coefficient (Wildman–Crippen LogP) is 4.86. The van der Waals surface area contributed by atoms with Gasteiger partial charge in [0.1, 0.15) is 23.7 Å². The largest absolute Gasteiger partial charge is 0.489 e. The summed E-state index contributed by atoms with van der Waals surface area (Å²) in [6.07, 6.45) is 5.19. The molecule has 0 bridgehead atoms. The number of furan rings is 1. The highest BCUT2D eigenvalue weighted by Gasteiger charge is 2.34. The molecule has 5 heteroatoms. The first kappa shape index (κ1) is 18.5. The zero-order chi connectivity index (χ0) is 20.8. The van der Waals surface area contributed by atoms with Crippen molar-refractivity contribution >= 4 is 11.0 Å². The van der Waals surface area contributed by atoms with E-state index in [-0.39, 0.29) is 5.56 Å². The zero-order valence-corrected chi connectivity index (χ0v) is 17.3. The third-order valence-electron chi connectivity index (χ3n) is 6.53. The van der Waals surface area contributed by atoms with E-state index in [1.54, 1.807) is 10.8 Å². The first-order valence-electron chi connectivity index (χ1n) is 11.0. The molecular weight excluding hydrogens is 388 g/mol. The smallest absolute Gasteiger partial charge is 0.258 e. The van der Waals surface area contributed by atoms with Crippen LogP contribution in [0, 0.1) is 0 Å². The molecule has 0 amide bonds. The minimum atomic E-state index is -0.122. The van der Waals surface area contributed by atoms with E-state index >= 15 is 0 Å². The molecule has 6 rings (SSSR count). The molecule has 2 aromatic carbocycles. The Hall–Kier alpha value is -3.31. The number of hydrogen-bond donors (Lipinski definition) is 0. The molecule has 2 aliphatic rings. The van der Waals surface area contributed by atoms with Gasteiger partial charge < -0.3 is 9.15 Å². The van der Waals surface area contributed by atoms with Gasteiger partial charge in [-0.1, -0.05) is 30.3 Å². The molecular formula is C26H24N2O3. The van der Waals surface area contributed by atoms with E-state index in [9.17, 15) is 4.79 Å². The van der Waals surface area contributed by atoms with Gasteiger partial charge in [0.05, 0.1) is 5.69 Å². The average molecular weight is 412 g/mol. The topological polar surface area (TPSA) is 47.6 Å². The van der Waals surface area contributed by atoms with Gasteiger partial charge in [-0.05, 0) is 43.1 Å². The van der Waals surface area contributed by atoms with Gasteiger partial charge in [0.15, 0.2) is 0 Å². The molecule has 1 atom stereocenters. The lowest BCUT2D eigenvalue weighted by Crippen LogP contribution is -2.30. The highest BCUT2D eigenvalue weighted by atomic mass is 16.5. The van der Waals surface area contributed by atoms with Crippen LogP contribution in [0.4, 0.5) is 0 Å². The van der Waals surface area contributed by atoms with Crippen molar-refractivity contribution in [3.63, 3.8) is 0 Å². The second-order valence-corrected chi connectivity index (χ2v) is 8.41. The predicted molar refractivity (Wildman–Crippen MR) is 120 cm³/mol. The summed E-state index contributed by atoms with van der Waals surface area (Å²) in [5, 5.41) is 1.19. The van der Waals surface area contributed by atoms with Crippen molar-refractivity contribution in [3.05, 3.63) is 94.1 Å². The van der Waals surface area contributed by atoms with Gasteiger partial charge >= 0.3 is 0 Å². The third kappa shape index (κ3) is 3.26. The lowest BCUT2D eigenvalue weighted by Gasteiger charge is -2.28. The fraction of sp³-hybridized carbons (Fsp3) is 0.269. The third-order valence-corrected chi connectivity index (χ3v) is 6.53. The molecule has 1 fully saturated rings. The second kappa shape index (κ2) is 7.43. The summed E-state index contributed by atoms with van der Waals surface area (Å²) in [4.78, 5) is 15.4. The maximum Gasteiger partial charge on any atom is 0.258 e. The fourth-order valence-corrected chi connectivity index (χ4v) is 5.03. The fourth-order valence-electron chi connectivity index (χ4n) is 5.03. The molecule has 1 unspecified atom stereocenters. The molecule has 4 heterocycles. The van der Waals surface area contributed by atoms with Crippen LogP contribution in [0.3, 0.4) is 0 Å². The Bertz CT molecular complexity index is 1310. The summed E-state index contributed by atoms with van der Waals surface area (Å²) < 4.78 is 13.7. The highest BCUT2D eigenvalue weighted by Crippen LogP contribution is 2.43. The van der Waals surface area contributed by atoms with Crippen molar-refractivity contribution in [2.45, 2.75) is 31.9 Å². The first-order valence-corrected chi connectivity index (χ1v) is 11.0. The van der Waals surface area contributed by atoms with Crippen molar-refractivity contribution in [2.75, 3.05) is 13.1 Å². The van der Waals surface area contributed by atoms with Crippen LogP contribution in [0.15, 0.2) is 76.1 Å². The molecule has 0 radical (unpaired) electrons. The standard InChI is InChI=1S/C26H24N2O3/c29-25-16-20(30-17-18-5-2-1-3-6-18)10-14-28(25)19-8-9-21-24(15-19)31-23-11-13-27-12-4-7-22(27)26(21)23/h1-3,5-6,8-10,14-16,22H,4,7,11-13,17H2. The van der Waals surface area contributed by atoms with Crippen molar-refractivity contribution in [1.29, 1.82) is 0 Å². The quantitative estimate of drug-likeness (QED) is 0.481. The number of rotatable bonds is 4.